The third kappa shape index (κ3) is 4.42. The number of aliphatic hydroxyl groups is 1. The molecule has 0 aromatic carbocycles. The Kier molecular flexibility index (Phi) is 5.82. The van der Waals surface area contributed by atoms with E-state index < -0.39 is 11.9 Å². The van der Waals surface area contributed by atoms with E-state index >= 15 is 0 Å². The SMILES string of the molecule is O=C(NCCCO)c1cccc(-c2cnn(-c3nccc4nc(C(F)(F)F)ccc34)c2)n1. The summed E-state index contributed by atoms with van der Waals surface area (Å²) >= 11 is 0. The Labute approximate surface area is 179 Å². The molecular formula is C21H17F3N6O2. The van der Waals surface area contributed by atoms with Gasteiger partial charge < -0.3 is 10.4 Å². The number of rotatable bonds is 6. The van der Waals surface area contributed by atoms with E-state index in [1.54, 1.807) is 24.4 Å². The quantitative estimate of drug-likeness (QED) is 0.445. The van der Waals surface area contributed by atoms with E-state index in [1.807, 2.05) is 0 Å². The zero-order valence-corrected chi connectivity index (χ0v) is 16.5. The van der Waals surface area contributed by atoms with Gasteiger partial charge in [-0.05, 0) is 36.8 Å². The van der Waals surface area contributed by atoms with Crippen molar-refractivity contribution in [2.45, 2.75) is 12.6 Å². The van der Waals surface area contributed by atoms with E-state index in [2.05, 4.69) is 25.4 Å². The average molecular weight is 442 g/mol. The van der Waals surface area contributed by atoms with E-state index in [0.29, 0.717) is 35.4 Å². The van der Waals surface area contributed by atoms with Crippen LogP contribution in [0.5, 0.6) is 0 Å². The summed E-state index contributed by atoms with van der Waals surface area (Å²) in [5.41, 5.74) is 0.445. The maximum absolute atomic E-state index is 13.0. The number of pyridine rings is 3. The Morgan fingerprint density at radius 1 is 1.12 bits per heavy atom. The first-order valence-corrected chi connectivity index (χ1v) is 9.61. The first-order chi connectivity index (χ1) is 15.4. The lowest BCUT2D eigenvalue weighted by Gasteiger charge is -2.09. The van der Waals surface area contributed by atoms with Gasteiger partial charge in [-0.2, -0.15) is 18.3 Å². The summed E-state index contributed by atoms with van der Waals surface area (Å²) in [7, 11) is 0. The first kappa shape index (κ1) is 21.4. The molecule has 11 heteroatoms. The number of hydrogen-bond donors (Lipinski definition) is 2. The number of hydrogen-bond acceptors (Lipinski definition) is 6. The summed E-state index contributed by atoms with van der Waals surface area (Å²) in [5, 5.41) is 16.1. The van der Waals surface area contributed by atoms with E-state index in [-0.39, 0.29) is 23.7 Å². The van der Waals surface area contributed by atoms with Gasteiger partial charge in [-0.15, -0.1) is 0 Å². The molecule has 4 aromatic heterocycles. The molecule has 0 aliphatic carbocycles. The fourth-order valence-corrected chi connectivity index (χ4v) is 3.04. The number of carbonyl (C=O) groups is 1. The van der Waals surface area contributed by atoms with Crippen molar-refractivity contribution < 1.29 is 23.1 Å². The van der Waals surface area contributed by atoms with Crippen LogP contribution in [0.4, 0.5) is 13.2 Å². The molecule has 4 rings (SSSR count). The second-order valence-corrected chi connectivity index (χ2v) is 6.81. The molecule has 0 bridgehead atoms. The summed E-state index contributed by atoms with van der Waals surface area (Å²) in [6.07, 6.45) is 0.401. The molecule has 0 aliphatic rings. The van der Waals surface area contributed by atoms with Crippen LogP contribution in [0.25, 0.3) is 28.0 Å². The number of aromatic nitrogens is 5. The molecule has 4 heterocycles. The molecule has 0 saturated heterocycles. The zero-order valence-electron chi connectivity index (χ0n) is 16.5. The van der Waals surface area contributed by atoms with Gasteiger partial charge in [-0.3, -0.25) is 4.79 Å². The van der Waals surface area contributed by atoms with E-state index in [1.165, 1.54) is 29.2 Å². The van der Waals surface area contributed by atoms with Crippen LogP contribution >= 0.6 is 0 Å². The molecule has 4 aromatic rings. The Hall–Kier alpha value is -3.86. The van der Waals surface area contributed by atoms with Gasteiger partial charge in [-0.1, -0.05) is 6.07 Å². The number of fused-ring (bicyclic) bond motifs is 1. The summed E-state index contributed by atoms with van der Waals surface area (Å²) in [6, 6.07) is 8.57. The summed E-state index contributed by atoms with van der Waals surface area (Å²) in [6.45, 7) is 0.304. The molecule has 1 amide bonds. The normalized spacial score (nSPS) is 11.6. The Bertz CT molecular complexity index is 1270. The molecule has 0 atom stereocenters. The van der Waals surface area contributed by atoms with Crippen LogP contribution in [0.1, 0.15) is 22.6 Å². The molecule has 0 fully saturated rings. The number of nitrogens with zero attached hydrogens (tertiary/aromatic N) is 5. The molecular weight excluding hydrogens is 425 g/mol. The van der Waals surface area contributed by atoms with Crippen molar-refractivity contribution in [3.05, 3.63) is 66.4 Å². The maximum Gasteiger partial charge on any atom is 0.433 e. The van der Waals surface area contributed by atoms with Crippen LogP contribution in [0.15, 0.2) is 55.0 Å². The minimum atomic E-state index is -4.54. The Morgan fingerprint density at radius 3 is 2.75 bits per heavy atom. The van der Waals surface area contributed by atoms with E-state index in [9.17, 15) is 18.0 Å². The molecule has 0 unspecified atom stereocenters. The zero-order chi connectivity index (χ0) is 22.7. The van der Waals surface area contributed by atoms with Gasteiger partial charge in [0, 0.05) is 36.5 Å². The molecule has 0 saturated carbocycles. The smallest absolute Gasteiger partial charge is 0.396 e. The lowest BCUT2D eigenvalue weighted by atomic mass is 10.2. The molecule has 2 N–H and O–H groups in total. The predicted molar refractivity (Wildman–Crippen MR) is 109 cm³/mol. The van der Waals surface area contributed by atoms with Crippen LogP contribution < -0.4 is 5.32 Å². The third-order valence-corrected chi connectivity index (χ3v) is 4.58. The first-order valence-electron chi connectivity index (χ1n) is 9.61. The van der Waals surface area contributed by atoms with Gasteiger partial charge in [0.05, 0.1) is 17.4 Å². The molecule has 0 spiro atoms. The molecule has 0 aliphatic heterocycles. The maximum atomic E-state index is 13.0. The van der Waals surface area contributed by atoms with Gasteiger partial charge in [0.1, 0.15) is 11.4 Å². The van der Waals surface area contributed by atoms with Crippen LogP contribution in [0.3, 0.4) is 0 Å². The summed E-state index contributed by atoms with van der Waals surface area (Å²) in [4.78, 5) is 24.5. The molecule has 164 valence electrons. The Morgan fingerprint density at radius 2 is 1.97 bits per heavy atom. The van der Waals surface area contributed by atoms with Crippen molar-refractivity contribution in [2.75, 3.05) is 13.2 Å². The monoisotopic (exact) mass is 442 g/mol. The van der Waals surface area contributed by atoms with Gasteiger partial charge in [-0.25, -0.2) is 19.6 Å². The second kappa shape index (κ2) is 8.71. The summed E-state index contributed by atoms with van der Waals surface area (Å²) in [5.74, 6) is -0.0529. The lowest BCUT2D eigenvalue weighted by molar-refractivity contribution is -0.140. The molecule has 0 radical (unpaired) electrons. The average Bonchev–Trinajstić information content (AvgIpc) is 3.28. The van der Waals surface area contributed by atoms with Gasteiger partial charge >= 0.3 is 6.18 Å². The van der Waals surface area contributed by atoms with Crippen molar-refractivity contribution in [3.8, 4) is 17.1 Å². The van der Waals surface area contributed by atoms with Crippen LogP contribution in [-0.4, -0.2) is 48.9 Å². The van der Waals surface area contributed by atoms with Crippen LogP contribution in [0, 0.1) is 0 Å². The van der Waals surface area contributed by atoms with Crippen molar-refractivity contribution >= 4 is 16.8 Å². The number of alkyl halides is 3. The highest BCUT2D eigenvalue weighted by Crippen LogP contribution is 2.30. The van der Waals surface area contributed by atoms with Crippen LogP contribution in [0.2, 0.25) is 0 Å². The number of aliphatic hydroxyl groups excluding tert-OH is 1. The van der Waals surface area contributed by atoms with Crippen molar-refractivity contribution in [1.82, 2.24) is 30.0 Å². The minimum absolute atomic E-state index is 0.0256. The van der Waals surface area contributed by atoms with Crippen LogP contribution in [-0.2, 0) is 6.18 Å². The summed E-state index contributed by atoms with van der Waals surface area (Å²) < 4.78 is 40.3. The van der Waals surface area contributed by atoms with Gasteiger partial charge in [0.15, 0.2) is 5.82 Å². The topological polar surface area (TPSA) is 106 Å². The fraction of sp³-hybridized carbons (Fsp3) is 0.190. The van der Waals surface area contributed by atoms with Crippen molar-refractivity contribution in [3.63, 3.8) is 0 Å². The minimum Gasteiger partial charge on any atom is -0.396 e. The van der Waals surface area contributed by atoms with Crippen molar-refractivity contribution in [2.24, 2.45) is 0 Å². The second-order valence-electron chi connectivity index (χ2n) is 6.81. The highest BCUT2D eigenvalue weighted by Gasteiger charge is 2.32. The number of amides is 1. The van der Waals surface area contributed by atoms with E-state index in [4.69, 9.17) is 5.11 Å². The van der Waals surface area contributed by atoms with Crippen molar-refractivity contribution in [1.29, 1.82) is 0 Å². The number of halogens is 3. The standard InChI is InChI=1S/C21H17F3N6O2/c22-21(23,24)18-6-5-14-16(29-18)7-9-25-19(14)30-12-13(11-27-30)15-3-1-4-17(28-15)20(32)26-8-2-10-31/h1,3-7,9,11-12,31H,2,8,10H2,(H,26,32). The molecule has 32 heavy (non-hydrogen) atoms. The fourth-order valence-electron chi connectivity index (χ4n) is 3.04. The lowest BCUT2D eigenvalue weighted by Crippen LogP contribution is -2.25. The van der Waals surface area contributed by atoms with Gasteiger partial charge in [0.25, 0.3) is 5.91 Å². The number of carbonyl (C=O) groups excluding carboxylic acids is 1. The van der Waals surface area contributed by atoms with Gasteiger partial charge in [0.2, 0.25) is 0 Å². The predicted octanol–water partition coefficient (Wildman–Crippen LogP) is 3.01. The largest absolute Gasteiger partial charge is 0.433 e. The third-order valence-electron chi connectivity index (χ3n) is 4.58. The van der Waals surface area contributed by atoms with E-state index in [0.717, 1.165) is 6.07 Å². The molecule has 8 nitrogen and oxygen atoms in total. The number of nitrogens with one attached hydrogen (secondary N) is 1. The Balaban J connectivity index is 1.64. The highest BCUT2D eigenvalue weighted by molar-refractivity contribution is 5.92. The highest BCUT2D eigenvalue weighted by atomic mass is 19.4.